The lowest BCUT2D eigenvalue weighted by Crippen LogP contribution is -2.42. The Hall–Kier alpha value is -1.75. The average molecular weight is 364 g/mol. The van der Waals surface area contributed by atoms with E-state index < -0.39 is 0 Å². The smallest absolute Gasteiger partial charge is 0.321 e. The summed E-state index contributed by atoms with van der Waals surface area (Å²) in [7, 11) is 0. The maximum absolute atomic E-state index is 12.3. The number of amides is 3. The molecule has 0 atom stereocenters. The van der Waals surface area contributed by atoms with Crippen molar-refractivity contribution in [3.8, 4) is 0 Å². The van der Waals surface area contributed by atoms with E-state index >= 15 is 0 Å². The molecule has 136 valence electrons. The first-order chi connectivity index (χ1) is 12.1. The molecule has 0 radical (unpaired) electrons. The van der Waals surface area contributed by atoms with Crippen molar-refractivity contribution in [3.63, 3.8) is 0 Å². The van der Waals surface area contributed by atoms with Crippen LogP contribution in [-0.2, 0) is 4.79 Å². The third-order valence-electron chi connectivity index (χ3n) is 5.17. The van der Waals surface area contributed by atoms with Gasteiger partial charge in [0.25, 0.3) is 0 Å². The van der Waals surface area contributed by atoms with Gasteiger partial charge in [0.1, 0.15) is 0 Å². The predicted molar refractivity (Wildman–Crippen MR) is 99.8 cm³/mol. The number of benzene rings is 1. The van der Waals surface area contributed by atoms with Crippen molar-refractivity contribution in [2.24, 2.45) is 5.92 Å². The van der Waals surface area contributed by atoms with Gasteiger partial charge in [0.05, 0.1) is 0 Å². The highest BCUT2D eigenvalue weighted by atomic mass is 35.5. The summed E-state index contributed by atoms with van der Waals surface area (Å²) < 4.78 is 0. The molecule has 1 heterocycles. The van der Waals surface area contributed by atoms with Crippen LogP contribution in [0.1, 0.15) is 44.9 Å². The molecule has 1 aliphatic heterocycles. The number of urea groups is 1. The summed E-state index contributed by atoms with van der Waals surface area (Å²) in [6.07, 6.45) is 7.03. The van der Waals surface area contributed by atoms with Crippen LogP contribution in [0.4, 0.5) is 10.5 Å². The van der Waals surface area contributed by atoms with Gasteiger partial charge in [-0.3, -0.25) is 4.79 Å². The molecule has 2 aliphatic rings. The van der Waals surface area contributed by atoms with Crippen molar-refractivity contribution in [2.75, 3.05) is 18.4 Å². The molecule has 0 spiro atoms. The molecule has 1 aromatic rings. The first-order valence-electron chi connectivity index (χ1n) is 9.21. The normalized spacial score (nSPS) is 19.0. The summed E-state index contributed by atoms with van der Waals surface area (Å²) in [4.78, 5) is 26.3. The fourth-order valence-corrected chi connectivity index (χ4v) is 3.92. The molecule has 0 aromatic heterocycles. The van der Waals surface area contributed by atoms with E-state index in [2.05, 4.69) is 10.6 Å². The third-order valence-corrected chi connectivity index (χ3v) is 5.41. The molecule has 0 unspecified atom stereocenters. The van der Waals surface area contributed by atoms with Crippen molar-refractivity contribution < 1.29 is 9.59 Å². The molecule has 2 N–H and O–H groups in total. The Morgan fingerprint density at radius 1 is 1.12 bits per heavy atom. The van der Waals surface area contributed by atoms with Crippen LogP contribution in [0.15, 0.2) is 24.3 Å². The zero-order valence-electron chi connectivity index (χ0n) is 14.5. The lowest BCUT2D eigenvalue weighted by Gasteiger charge is -2.32. The minimum atomic E-state index is -0.101. The molecule has 1 aromatic carbocycles. The molecule has 25 heavy (non-hydrogen) atoms. The fraction of sp³-hybridized carbons (Fsp3) is 0.579. The van der Waals surface area contributed by atoms with Crippen LogP contribution in [0, 0.1) is 5.92 Å². The number of hydrogen-bond donors (Lipinski definition) is 2. The van der Waals surface area contributed by atoms with E-state index in [1.807, 2.05) is 17.0 Å². The summed E-state index contributed by atoms with van der Waals surface area (Å²) in [5.74, 6) is 0.547. The first-order valence-corrected chi connectivity index (χ1v) is 9.59. The van der Waals surface area contributed by atoms with E-state index in [1.54, 1.807) is 12.1 Å². The Kier molecular flexibility index (Phi) is 6.19. The van der Waals surface area contributed by atoms with Gasteiger partial charge in [-0.25, -0.2) is 4.79 Å². The third kappa shape index (κ3) is 5.36. The number of nitrogens with one attached hydrogen (secondary N) is 2. The minimum absolute atomic E-state index is 0.101. The topological polar surface area (TPSA) is 61.4 Å². The molecule has 5 nitrogen and oxygen atoms in total. The first kappa shape index (κ1) is 18.1. The molecular weight excluding hydrogens is 338 g/mol. The fourth-order valence-electron chi connectivity index (χ4n) is 3.73. The zero-order chi connectivity index (χ0) is 17.6. The number of carbonyl (C=O) groups excluding carboxylic acids is 2. The molecule has 1 saturated heterocycles. The number of hydrogen-bond acceptors (Lipinski definition) is 2. The maximum Gasteiger partial charge on any atom is 0.321 e. The maximum atomic E-state index is 12.3. The van der Waals surface area contributed by atoms with E-state index in [0.29, 0.717) is 42.2 Å². The Bertz CT molecular complexity index is 608. The van der Waals surface area contributed by atoms with E-state index in [0.717, 1.165) is 25.7 Å². The molecule has 6 heteroatoms. The van der Waals surface area contributed by atoms with Crippen LogP contribution in [0.3, 0.4) is 0 Å². The SMILES string of the molecule is O=C(CC1CCN(C(=O)Nc2cccc(Cl)c2)CC1)NC1CCCC1. The minimum Gasteiger partial charge on any atom is -0.353 e. The Labute approximate surface area is 154 Å². The van der Waals surface area contributed by atoms with Crippen molar-refractivity contribution in [1.82, 2.24) is 10.2 Å². The van der Waals surface area contributed by atoms with Crippen LogP contribution < -0.4 is 10.6 Å². The number of nitrogens with zero attached hydrogens (tertiary/aromatic N) is 1. The van der Waals surface area contributed by atoms with Gasteiger partial charge in [0.2, 0.25) is 5.91 Å². The van der Waals surface area contributed by atoms with Crippen LogP contribution >= 0.6 is 11.6 Å². The van der Waals surface area contributed by atoms with Crippen LogP contribution in [0.25, 0.3) is 0 Å². The van der Waals surface area contributed by atoms with Crippen LogP contribution in [-0.4, -0.2) is 36.0 Å². The molecular formula is C19H26ClN3O2. The lowest BCUT2D eigenvalue weighted by atomic mass is 9.93. The van der Waals surface area contributed by atoms with Gasteiger partial charge in [0.15, 0.2) is 0 Å². The van der Waals surface area contributed by atoms with Crippen molar-refractivity contribution in [2.45, 2.75) is 51.0 Å². The number of halogens is 1. The highest BCUT2D eigenvalue weighted by molar-refractivity contribution is 6.30. The second-order valence-corrected chi connectivity index (χ2v) is 7.56. The van der Waals surface area contributed by atoms with Gasteiger partial charge in [-0.05, 0) is 49.8 Å². The molecule has 3 amide bonds. The second kappa shape index (κ2) is 8.56. The monoisotopic (exact) mass is 363 g/mol. The molecule has 2 fully saturated rings. The number of carbonyl (C=O) groups is 2. The number of piperidine rings is 1. The molecule has 0 bridgehead atoms. The van der Waals surface area contributed by atoms with E-state index in [1.165, 1.54) is 12.8 Å². The Balaban J connectivity index is 1.40. The van der Waals surface area contributed by atoms with Gasteiger partial charge in [-0.2, -0.15) is 0 Å². The van der Waals surface area contributed by atoms with Gasteiger partial charge in [0, 0.05) is 36.3 Å². The van der Waals surface area contributed by atoms with Crippen molar-refractivity contribution in [3.05, 3.63) is 29.3 Å². The van der Waals surface area contributed by atoms with E-state index in [-0.39, 0.29) is 11.9 Å². The second-order valence-electron chi connectivity index (χ2n) is 7.12. The predicted octanol–water partition coefficient (Wildman–Crippen LogP) is 4.03. The summed E-state index contributed by atoms with van der Waals surface area (Å²) in [6, 6.07) is 7.43. The van der Waals surface area contributed by atoms with Gasteiger partial charge in [-0.15, -0.1) is 0 Å². The van der Waals surface area contributed by atoms with Gasteiger partial charge < -0.3 is 15.5 Å². The zero-order valence-corrected chi connectivity index (χ0v) is 15.2. The van der Waals surface area contributed by atoms with Crippen LogP contribution in [0.5, 0.6) is 0 Å². The van der Waals surface area contributed by atoms with Gasteiger partial charge >= 0.3 is 6.03 Å². The van der Waals surface area contributed by atoms with Gasteiger partial charge in [-0.1, -0.05) is 30.5 Å². The Morgan fingerprint density at radius 2 is 1.84 bits per heavy atom. The largest absolute Gasteiger partial charge is 0.353 e. The molecule has 1 saturated carbocycles. The number of likely N-dealkylation sites (tertiary alicyclic amines) is 1. The highest BCUT2D eigenvalue weighted by Gasteiger charge is 2.25. The van der Waals surface area contributed by atoms with E-state index in [4.69, 9.17) is 11.6 Å². The quantitative estimate of drug-likeness (QED) is 0.848. The standard InChI is InChI=1S/C19H26ClN3O2/c20-15-4-3-7-17(13-15)22-19(25)23-10-8-14(9-11-23)12-18(24)21-16-5-1-2-6-16/h3-4,7,13-14,16H,1-2,5-6,8-12H2,(H,21,24)(H,22,25). The van der Waals surface area contributed by atoms with E-state index in [9.17, 15) is 9.59 Å². The average Bonchev–Trinajstić information content (AvgIpc) is 3.08. The van der Waals surface area contributed by atoms with Crippen molar-refractivity contribution >= 4 is 29.2 Å². The highest BCUT2D eigenvalue weighted by Crippen LogP contribution is 2.23. The summed E-state index contributed by atoms with van der Waals surface area (Å²) in [6.45, 7) is 1.38. The molecule has 3 rings (SSSR count). The number of anilines is 1. The number of rotatable bonds is 4. The lowest BCUT2D eigenvalue weighted by molar-refractivity contribution is -0.123. The summed E-state index contributed by atoms with van der Waals surface area (Å²) >= 11 is 5.94. The Morgan fingerprint density at radius 3 is 2.52 bits per heavy atom. The molecule has 1 aliphatic carbocycles. The van der Waals surface area contributed by atoms with Crippen LogP contribution in [0.2, 0.25) is 5.02 Å². The summed E-state index contributed by atoms with van der Waals surface area (Å²) in [5, 5.41) is 6.63. The summed E-state index contributed by atoms with van der Waals surface area (Å²) in [5.41, 5.74) is 0.704. The van der Waals surface area contributed by atoms with Crippen molar-refractivity contribution in [1.29, 1.82) is 0 Å².